The molecular weight excluding hydrogens is 255 g/mol. The summed E-state index contributed by atoms with van der Waals surface area (Å²) in [4.78, 5) is 11.2. The number of rotatable bonds is 1. The number of amides is 1. The van der Waals surface area contributed by atoms with Crippen LogP contribution in [0.25, 0.3) is 0 Å². The molecule has 1 aromatic carbocycles. The fourth-order valence-corrected chi connectivity index (χ4v) is 1.35. The summed E-state index contributed by atoms with van der Waals surface area (Å²) >= 11 is 8.93. The van der Waals surface area contributed by atoms with Crippen molar-refractivity contribution in [1.29, 1.82) is 5.26 Å². The number of carbonyl (C=O) groups is 1. The molecule has 0 unspecified atom stereocenters. The maximum Gasteiger partial charge on any atom is 0.265 e. The molecule has 0 aliphatic rings. The molecule has 0 spiro atoms. The van der Waals surface area contributed by atoms with Crippen LogP contribution in [0.5, 0.6) is 0 Å². The van der Waals surface area contributed by atoms with Crippen LogP contribution in [0.3, 0.4) is 0 Å². The second-order valence-electron chi connectivity index (χ2n) is 2.19. The highest BCUT2D eigenvalue weighted by molar-refractivity contribution is 9.10. The molecule has 3 nitrogen and oxygen atoms in total. The highest BCUT2D eigenvalue weighted by atomic mass is 79.9. The lowest BCUT2D eigenvalue weighted by Crippen LogP contribution is -2.17. The van der Waals surface area contributed by atoms with Gasteiger partial charge < -0.3 is 0 Å². The van der Waals surface area contributed by atoms with E-state index in [1.165, 1.54) is 6.19 Å². The molecule has 66 valence electrons. The SMILES string of the molecule is N#CNC(=O)c1cc(Br)ccc1Cl. The molecule has 1 rings (SSSR count). The lowest BCUT2D eigenvalue weighted by molar-refractivity contribution is 0.0973. The minimum absolute atomic E-state index is 0.276. The summed E-state index contributed by atoms with van der Waals surface area (Å²) in [6, 6.07) is 4.85. The first-order chi connectivity index (χ1) is 6.15. The van der Waals surface area contributed by atoms with Gasteiger partial charge in [-0.3, -0.25) is 10.1 Å². The van der Waals surface area contributed by atoms with Crippen LogP contribution >= 0.6 is 27.5 Å². The molecule has 13 heavy (non-hydrogen) atoms. The summed E-state index contributed by atoms with van der Waals surface area (Å²) in [7, 11) is 0. The van der Waals surface area contributed by atoms with Crippen molar-refractivity contribution in [3.63, 3.8) is 0 Å². The zero-order valence-electron chi connectivity index (χ0n) is 6.34. The summed E-state index contributed by atoms with van der Waals surface area (Å²) in [6.07, 6.45) is 1.54. The Morgan fingerprint density at radius 3 is 2.92 bits per heavy atom. The molecule has 0 aliphatic carbocycles. The van der Waals surface area contributed by atoms with E-state index in [4.69, 9.17) is 16.9 Å². The number of benzene rings is 1. The van der Waals surface area contributed by atoms with E-state index in [1.807, 2.05) is 5.32 Å². The van der Waals surface area contributed by atoms with Crippen LogP contribution in [0.4, 0.5) is 0 Å². The normalized spacial score (nSPS) is 9.00. The van der Waals surface area contributed by atoms with Crippen molar-refractivity contribution in [2.75, 3.05) is 0 Å². The lowest BCUT2D eigenvalue weighted by atomic mass is 10.2. The molecule has 0 aliphatic heterocycles. The molecular formula is C8H4BrClN2O. The number of nitrogens with one attached hydrogen (secondary N) is 1. The number of nitriles is 1. The van der Waals surface area contributed by atoms with Crippen molar-refractivity contribution in [3.8, 4) is 6.19 Å². The predicted octanol–water partition coefficient (Wildman–Crippen LogP) is 2.31. The lowest BCUT2D eigenvalue weighted by Gasteiger charge is -2.00. The average Bonchev–Trinajstić information content (AvgIpc) is 2.09. The Bertz CT molecular complexity index is 386. The monoisotopic (exact) mass is 258 g/mol. The van der Waals surface area contributed by atoms with Gasteiger partial charge in [0.2, 0.25) is 0 Å². The van der Waals surface area contributed by atoms with Gasteiger partial charge in [0.15, 0.2) is 6.19 Å². The topological polar surface area (TPSA) is 52.9 Å². The first-order valence-corrected chi connectivity index (χ1v) is 4.46. The Labute approximate surface area is 88.4 Å². The number of hydrogen-bond acceptors (Lipinski definition) is 2. The summed E-state index contributed by atoms with van der Waals surface area (Å²) in [5, 5.41) is 10.5. The minimum atomic E-state index is -0.506. The quantitative estimate of drug-likeness (QED) is 0.621. The van der Waals surface area contributed by atoms with Gasteiger partial charge in [-0.1, -0.05) is 27.5 Å². The second-order valence-corrected chi connectivity index (χ2v) is 3.51. The standard InChI is InChI=1S/C8H4BrClN2O/c9-5-1-2-7(10)6(3-5)8(13)12-4-11/h1-3H,(H,12,13). The molecule has 0 saturated carbocycles. The van der Waals surface area contributed by atoms with E-state index in [1.54, 1.807) is 18.2 Å². The van der Waals surface area contributed by atoms with E-state index in [9.17, 15) is 4.79 Å². The summed E-state index contributed by atoms with van der Waals surface area (Å²) in [5.74, 6) is -0.506. The Hall–Kier alpha value is -1.05. The maximum absolute atomic E-state index is 11.2. The Morgan fingerprint density at radius 2 is 2.31 bits per heavy atom. The van der Waals surface area contributed by atoms with E-state index < -0.39 is 5.91 Å². The van der Waals surface area contributed by atoms with Gasteiger partial charge in [-0.25, -0.2) is 0 Å². The van der Waals surface area contributed by atoms with Crippen LogP contribution in [0.15, 0.2) is 22.7 Å². The molecule has 1 aromatic rings. The van der Waals surface area contributed by atoms with Crippen LogP contribution in [-0.4, -0.2) is 5.91 Å². The van der Waals surface area contributed by atoms with E-state index in [0.717, 1.165) is 4.47 Å². The van der Waals surface area contributed by atoms with Crippen molar-refractivity contribution in [1.82, 2.24) is 5.32 Å². The fourth-order valence-electron chi connectivity index (χ4n) is 0.790. The zero-order chi connectivity index (χ0) is 9.84. The summed E-state index contributed by atoms with van der Waals surface area (Å²) < 4.78 is 0.736. The fraction of sp³-hybridized carbons (Fsp3) is 0. The largest absolute Gasteiger partial charge is 0.268 e. The third-order valence-electron chi connectivity index (χ3n) is 1.34. The summed E-state index contributed by atoms with van der Waals surface area (Å²) in [6.45, 7) is 0. The molecule has 5 heteroatoms. The van der Waals surface area contributed by atoms with E-state index >= 15 is 0 Å². The highest BCUT2D eigenvalue weighted by Crippen LogP contribution is 2.20. The molecule has 0 saturated heterocycles. The van der Waals surface area contributed by atoms with Crippen molar-refractivity contribution < 1.29 is 4.79 Å². The first-order valence-electron chi connectivity index (χ1n) is 3.29. The van der Waals surface area contributed by atoms with Gasteiger partial charge in [-0.15, -0.1) is 0 Å². The Morgan fingerprint density at radius 1 is 1.62 bits per heavy atom. The number of halogens is 2. The van der Waals surface area contributed by atoms with Gasteiger partial charge in [0, 0.05) is 4.47 Å². The van der Waals surface area contributed by atoms with Crippen LogP contribution in [0.1, 0.15) is 10.4 Å². The van der Waals surface area contributed by atoms with Crippen molar-refractivity contribution in [2.24, 2.45) is 0 Å². The van der Waals surface area contributed by atoms with Gasteiger partial charge in [0.1, 0.15) is 0 Å². The maximum atomic E-state index is 11.2. The van der Waals surface area contributed by atoms with Gasteiger partial charge in [-0.2, -0.15) is 5.26 Å². The molecule has 0 fully saturated rings. The minimum Gasteiger partial charge on any atom is -0.268 e. The van der Waals surface area contributed by atoms with E-state index in [-0.39, 0.29) is 5.56 Å². The van der Waals surface area contributed by atoms with Gasteiger partial charge in [0.05, 0.1) is 10.6 Å². The van der Waals surface area contributed by atoms with Crippen LogP contribution in [0, 0.1) is 11.5 Å². The molecule has 0 heterocycles. The second kappa shape index (κ2) is 4.26. The van der Waals surface area contributed by atoms with Crippen LogP contribution < -0.4 is 5.32 Å². The molecule has 1 N–H and O–H groups in total. The Balaban J connectivity index is 3.07. The van der Waals surface area contributed by atoms with Gasteiger partial charge in [0.25, 0.3) is 5.91 Å². The predicted molar refractivity (Wildman–Crippen MR) is 52.2 cm³/mol. The van der Waals surface area contributed by atoms with Gasteiger partial charge >= 0.3 is 0 Å². The number of carbonyl (C=O) groups excluding carboxylic acids is 1. The molecule has 0 aromatic heterocycles. The summed E-state index contributed by atoms with van der Waals surface area (Å²) in [5.41, 5.74) is 0.276. The van der Waals surface area contributed by atoms with E-state index in [0.29, 0.717) is 5.02 Å². The molecule has 0 bridgehead atoms. The van der Waals surface area contributed by atoms with Crippen molar-refractivity contribution in [2.45, 2.75) is 0 Å². The van der Waals surface area contributed by atoms with E-state index in [2.05, 4.69) is 15.9 Å². The molecule has 0 radical (unpaired) electrons. The molecule has 1 amide bonds. The van der Waals surface area contributed by atoms with Crippen molar-refractivity contribution in [3.05, 3.63) is 33.3 Å². The smallest absolute Gasteiger partial charge is 0.265 e. The average molecular weight is 259 g/mol. The van der Waals surface area contributed by atoms with Crippen molar-refractivity contribution >= 4 is 33.4 Å². The first kappa shape index (κ1) is 10.0. The van der Waals surface area contributed by atoms with Crippen LogP contribution in [-0.2, 0) is 0 Å². The third-order valence-corrected chi connectivity index (χ3v) is 2.17. The van der Waals surface area contributed by atoms with Gasteiger partial charge in [-0.05, 0) is 18.2 Å². The molecule has 0 atom stereocenters. The number of hydrogen-bond donors (Lipinski definition) is 1. The third kappa shape index (κ3) is 2.44. The zero-order valence-corrected chi connectivity index (χ0v) is 8.69. The number of nitrogens with zero attached hydrogens (tertiary/aromatic N) is 1. The highest BCUT2D eigenvalue weighted by Gasteiger charge is 2.09. The van der Waals surface area contributed by atoms with Crippen LogP contribution in [0.2, 0.25) is 5.02 Å². The Kier molecular flexibility index (Phi) is 3.29.